The number of benzene rings is 12. The predicted molar refractivity (Wildman–Crippen MR) is 312 cm³/mol. The summed E-state index contributed by atoms with van der Waals surface area (Å²) in [5.41, 5.74) is 16.9. The Labute approximate surface area is 427 Å². The van der Waals surface area contributed by atoms with Gasteiger partial charge in [0.15, 0.2) is 0 Å². The summed E-state index contributed by atoms with van der Waals surface area (Å²) >= 11 is 0. The first-order valence-corrected chi connectivity index (χ1v) is 25.7. The van der Waals surface area contributed by atoms with Gasteiger partial charge in [-0.2, -0.15) is 0 Å². The molecule has 0 heterocycles. The number of hydrogen-bond acceptors (Lipinski definition) is 2. The van der Waals surface area contributed by atoms with Crippen LogP contribution in [0, 0.1) is 0 Å². The zero-order valence-corrected chi connectivity index (χ0v) is 41.1. The maximum Gasteiger partial charge on any atom is 0.0468 e. The van der Waals surface area contributed by atoms with Crippen molar-refractivity contribution in [1.82, 2.24) is 0 Å². The van der Waals surface area contributed by atoms with E-state index in [1.54, 1.807) is 0 Å². The molecule has 2 aliphatic rings. The molecule has 346 valence electrons. The van der Waals surface area contributed by atoms with Crippen LogP contribution in [0.5, 0.6) is 0 Å². The van der Waals surface area contributed by atoms with E-state index in [9.17, 15) is 0 Å². The third-order valence-corrected chi connectivity index (χ3v) is 15.7. The number of nitrogens with zero attached hydrogens (tertiary/aromatic N) is 2. The number of anilines is 5. The molecule has 14 rings (SSSR count). The van der Waals surface area contributed by atoms with Gasteiger partial charge in [-0.25, -0.2) is 0 Å². The van der Waals surface area contributed by atoms with Gasteiger partial charge in [0.05, 0.1) is 0 Å². The molecule has 0 fully saturated rings. The molecule has 0 radical (unpaired) electrons. The minimum absolute atomic E-state index is 0.168. The summed E-state index contributed by atoms with van der Waals surface area (Å²) in [6.45, 7) is 4.78. The number of rotatable bonds is 8. The van der Waals surface area contributed by atoms with Crippen LogP contribution in [0.15, 0.2) is 261 Å². The van der Waals surface area contributed by atoms with Gasteiger partial charge in [0, 0.05) is 39.5 Å². The summed E-state index contributed by atoms with van der Waals surface area (Å²) in [6, 6.07) is 88.4. The second kappa shape index (κ2) is 17.1. The third-order valence-electron chi connectivity index (χ3n) is 15.7. The van der Waals surface area contributed by atoms with Gasteiger partial charge in [0.2, 0.25) is 0 Å². The van der Waals surface area contributed by atoms with Gasteiger partial charge in [0.25, 0.3) is 0 Å². The fourth-order valence-electron chi connectivity index (χ4n) is 12.2. The van der Waals surface area contributed by atoms with Crippen molar-refractivity contribution >= 4 is 82.3 Å². The van der Waals surface area contributed by atoms with Crippen molar-refractivity contribution in [3.05, 3.63) is 272 Å². The quantitative estimate of drug-likeness (QED) is 0.140. The van der Waals surface area contributed by atoms with Crippen molar-refractivity contribution in [2.75, 3.05) is 9.80 Å². The molecular formula is C71H52N2. The highest BCUT2D eigenvalue weighted by Crippen LogP contribution is 2.53. The SMILES string of the molecule is CC1(C)c2ccccc2-c2ccc(-c3c4ccc(N(C5=CCCC=C5)c5ccc6ccccc6c5)cc4c(-c4ccc5ccccc5c4)c4ccc(N(c5ccccc5)c5ccc6ccccc6c5)cc34)cc21. The zero-order valence-electron chi connectivity index (χ0n) is 41.1. The molecule has 0 saturated heterocycles. The third kappa shape index (κ3) is 7.16. The lowest BCUT2D eigenvalue weighted by atomic mass is 9.80. The maximum absolute atomic E-state index is 2.51. The van der Waals surface area contributed by atoms with Gasteiger partial charge in [-0.3, -0.25) is 0 Å². The molecule has 2 aliphatic carbocycles. The molecule has 0 amide bonds. The molecular weight excluding hydrogens is 881 g/mol. The standard InChI is InChI=1S/C71H52N2/c1-71(2)67-28-16-15-27-61(67)62-38-33-54(44-68(62)71)70-64-40-37-59(72(55-23-5-3-6-24-55)57-34-31-48-18-10-13-21-51(48)42-57)45-65(64)69(53-30-29-47-17-9-12-20-50(47)41-53)63-39-36-60(46-66(63)70)73(56-25-7-4-8-26-56)58-35-32-49-19-11-14-22-52(49)43-58/h4-5,7-46H,3,6H2,1-2H3. The van der Waals surface area contributed by atoms with Gasteiger partial charge in [-0.1, -0.05) is 190 Å². The van der Waals surface area contributed by atoms with Crippen LogP contribution in [-0.4, -0.2) is 0 Å². The minimum Gasteiger partial charge on any atom is -0.311 e. The van der Waals surface area contributed by atoms with Crippen molar-refractivity contribution < 1.29 is 0 Å². The Hall–Kier alpha value is -8.98. The Morgan fingerprint density at radius 1 is 0.329 bits per heavy atom. The van der Waals surface area contributed by atoms with Crippen LogP contribution in [0.2, 0.25) is 0 Å². The summed E-state index contributed by atoms with van der Waals surface area (Å²) in [7, 11) is 0. The summed E-state index contributed by atoms with van der Waals surface area (Å²) in [5, 5.41) is 12.2. The lowest BCUT2D eigenvalue weighted by molar-refractivity contribution is 0.660. The topological polar surface area (TPSA) is 6.48 Å². The molecule has 0 aliphatic heterocycles. The highest BCUT2D eigenvalue weighted by Gasteiger charge is 2.36. The van der Waals surface area contributed by atoms with Gasteiger partial charge in [-0.05, 0) is 190 Å². The average Bonchev–Trinajstić information content (AvgIpc) is 3.67. The zero-order chi connectivity index (χ0) is 48.6. The second-order valence-corrected chi connectivity index (χ2v) is 20.4. The number of para-hydroxylation sites is 1. The summed E-state index contributed by atoms with van der Waals surface area (Å²) in [4.78, 5) is 4.89. The summed E-state index contributed by atoms with van der Waals surface area (Å²) < 4.78 is 0. The van der Waals surface area contributed by atoms with E-state index in [-0.39, 0.29) is 5.41 Å². The molecule has 2 nitrogen and oxygen atoms in total. The molecule has 0 saturated carbocycles. The Kier molecular flexibility index (Phi) is 10.0. The van der Waals surface area contributed by atoms with Crippen LogP contribution in [-0.2, 0) is 5.41 Å². The highest BCUT2D eigenvalue weighted by molar-refractivity contribution is 6.23. The van der Waals surface area contributed by atoms with E-state index in [2.05, 4.69) is 278 Å². The van der Waals surface area contributed by atoms with Crippen molar-refractivity contribution in [1.29, 1.82) is 0 Å². The Morgan fingerprint density at radius 2 is 0.808 bits per heavy atom. The van der Waals surface area contributed by atoms with E-state index >= 15 is 0 Å². The van der Waals surface area contributed by atoms with Crippen LogP contribution in [0.3, 0.4) is 0 Å². The number of fused-ring (bicyclic) bond motifs is 8. The van der Waals surface area contributed by atoms with Crippen LogP contribution in [0.1, 0.15) is 37.8 Å². The van der Waals surface area contributed by atoms with Crippen LogP contribution in [0.4, 0.5) is 28.4 Å². The summed E-state index contributed by atoms with van der Waals surface area (Å²) in [5.74, 6) is 0. The number of allylic oxidation sites excluding steroid dienone is 3. The molecule has 0 atom stereocenters. The van der Waals surface area contributed by atoms with E-state index in [0.717, 1.165) is 41.3 Å². The van der Waals surface area contributed by atoms with E-state index < -0.39 is 0 Å². The van der Waals surface area contributed by atoms with E-state index in [4.69, 9.17) is 0 Å². The molecule has 0 unspecified atom stereocenters. The molecule has 0 aromatic heterocycles. The molecule has 12 aromatic rings. The fraction of sp³-hybridized carbons (Fsp3) is 0.0704. The van der Waals surface area contributed by atoms with Crippen LogP contribution >= 0.6 is 0 Å². The predicted octanol–water partition coefficient (Wildman–Crippen LogP) is 19.9. The van der Waals surface area contributed by atoms with Gasteiger partial charge >= 0.3 is 0 Å². The molecule has 73 heavy (non-hydrogen) atoms. The fourth-order valence-corrected chi connectivity index (χ4v) is 12.2. The van der Waals surface area contributed by atoms with E-state index in [1.165, 1.54) is 104 Å². The first-order valence-electron chi connectivity index (χ1n) is 25.7. The van der Waals surface area contributed by atoms with Gasteiger partial charge in [-0.15, -0.1) is 0 Å². The Bertz CT molecular complexity index is 4250. The Morgan fingerprint density at radius 3 is 1.44 bits per heavy atom. The highest BCUT2D eigenvalue weighted by atomic mass is 15.1. The lowest BCUT2D eigenvalue weighted by Gasteiger charge is -2.29. The van der Waals surface area contributed by atoms with Crippen molar-refractivity contribution in [2.24, 2.45) is 0 Å². The van der Waals surface area contributed by atoms with Crippen molar-refractivity contribution in [3.8, 4) is 33.4 Å². The Balaban J connectivity index is 1.09. The maximum atomic E-state index is 2.51. The minimum atomic E-state index is -0.168. The van der Waals surface area contributed by atoms with E-state index in [0.29, 0.717) is 0 Å². The second-order valence-electron chi connectivity index (χ2n) is 20.4. The monoisotopic (exact) mass is 932 g/mol. The first-order chi connectivity index (χ1) is 35.9. The van der Waals surface area contributed by atoms with Crippen LogP contribution < -0.4 is 9.80 Å². The largest absolute Gasteiger partial charge is 0.311 e. The molecule has 0 N–H and O–H groups in total. The number of hydrogen-bond donors (Lipinski definition) is 0. The van der Waals surface area contributed by atoms with Crippen molar-refractivity contribution in [3.63, 3.8) is 0 Å². The lowest BCUT2D eigenvalue weighted by Crippen LogP contribution is -2.16. The van der Waals surface area contributed by atoms with E-state index in [1.807, 2.05) is 0 Å². The van der Waals surface area contributed by atoms with Crippen molar-refractivity contribution in [2.45, 2.75) is 32.1 Å². The van der Waals surface area contributed by atoms with Gasteiger partial charge < -0.3 is 9.80 Å². The van der Waals surface area contributed by atoms with Gasteiger partial charge in [0.1, 0.15) is 0 Å². The summed E-state index contributed by atoms with van der Waals surface area (Å²) in [6.07, 6.45) is 9.06. The smallest absolute Gasteiger partial charge is 0.0468 e. The normalized spacial score (nSPS) is 13.6. The average molecular weight is 933 g/mol. The molecule has 0 bridgehead atoms. The molecule has 2 heteroatoms. The molecule has 0 spiro atoms. The first kappa shape index (κ1) is 42.9. The molecule has 12 aromatic carbocycles. The van der Waals surface area contributed by atoms with Crippen LogP contribution in [0.25, 0.3) is 87.2 Å².